The van der Waals surface area contributed by atoms with E-state index in [1.165, 1.54) is 0 Å². The number of rotatable bonds is 7. The first-order chi connectivity index (χ1) is 10.3. The lowest BCUT2D eigenvalue weighted by molar-refractivity contribution is 0.0982. The van der Waals surface area contributed by atoms with E-state index in [-0.39, 0.29) is 5.78 Å². The van der Waals surface area contributed by atoms with Gasteiger partial charge in [0.2, 0.25) is 0 Å². The van der Waals surface area contributed by atoms with Gasteiger partial charge in [-0.25, -0.2) is 0 Å². The van der Waals surface area contributed by atoms with E-state index >= 15 is 0 Å². The number of benzene rings is 2. The zero-order chi connectivity index (χ0) is 15.1. The van der Waals surface area contributed by atoms with Gasteiger partial charge in [-0.2, -0.15) is 0 Å². The third-order valence-electron chi connectivity index (χ3n) is 3.29. The van der Waals surface area contributed by atoms with Crippen molar-refractivity contribution in [3.63, 3.8) is 0 Å². The van der Waals surface area contributed by atoms with Crippen LogP contribution in [0.2, 0.25) is 0 Å². The van der Waals surface area contributed by atoms with E-state index in [0.29, 0.717) is 25.2 Å². The van der Waals surface area contributed by atoms with Crippen molar-refractivity contribution in [3.05, 3.63) is 59.7 Å². The van der Waals surface area contributed by atoms with E-state index in [0.717, 1.165) is 16.9 Å². The molecular formula is C18H20O3. The summed E-state index contributed by atoms with van der Waals surface area (Å²) in [4.78, 5) is 12.2. The molecule has 0 atom stereocenters. The standard InChI is InChI=1S/C18H20O3/c1-3-21-18-15(10-7-11-17(18)20-2)12-13-16(19)14-8-5-4-6-9-14/h4-11H,3,12-13H2,1-2H3. The van der Waals surface area contributed by atoms with Crippen molar-refractivity contribution in [2.45, 2.75) is 19.8 Å². The quantitative estimate of drug-likeness (QED) is 0.723. The van der Waals surface area contributed by atoms with Crippen LogP contribution in [0.4, 0.5) is 0 Å². The monoisotopic (exact) mass is 284 g/mol. The fraction of sp³-hybridized carbons (Fsp3) is 0.278. The SMILES string of the molecule is CCOc1c(CCC(=O)c2ccccc2)cccc1OC. The van der Waals surface area contributed by atoms with Crippen LogP contribution in [0.3, 0.4) is 0 Å². The molecule has 0 saturated heterocycles. The summed E-state index contributed by atoms with van der Waals surface area (Å²) in [5.74, 6) is 1.59. The highest BCUT2D eigenvalue weighted by Crippen LogP contribution is 2.32. The second-order valence-electron chi connectivity index (χ2n) is 4.67. The Morgan fingerprint density at radius 1 is 1.05 bits per heavy atom. The highest BCUT2D eigenvalue weighted by atomic mass is 16.5. The maximum atomic E-state index is 12.2. The van der Waals surface area contributed by atoms with Crippen molar-refractivity contribution in [2.75, 3.05) is 13.7 Å². The smallest absolute Gasteiger partial charge is 0.164 e. The molecule has 2 aromatic rings. The Balaban J connectivity index is 2.11. The van der Waals surface area contributed by atoms with E-state index in [1.807, 2.05) is 55.5 Å². The molecule has 0 unspecified atom stereocenters. The normalized spacial score (nSPS) is 10.2. The summed E-state index contributed by atoms with van der Waals surface area (Å²) < 4.78 is 11.0. The van der Waals surface area contributed by atoms with Crippen LogP contribution in [0.25, 0.3) is 0 Å². The van der Waals surface area contributed by atoms with Crippen molar-refractivity contribution < 1.29 is 14.3 Å². The topological polar surface area (TPSA) is 35.5 Å². The minimum Gasteiger partial charge on any atom is -0.493 e. The number of aryl methyl sites for hydroxylation is 1. The predicted octanol–water partition coefficient (Wildman–Crippen LogP) is 3.91. The van der Waals surface area contributed by atoms with Gasteiger partial charge in [0.25, 0.3) is 0 Å². The summed E-state index contributed by atoms with van der Waals surface area (Å²) in [5, 5.41) is 0. The summed E-state index contributed by atoms with van der Waals surface area (Å²) in [6.07, 6.45) is 1.09. The van der Waals surface area contributed by atoms with E-state index in [2.05, 4.69) is 0 Å². The molecule has 0 aliphatic carbocycles. The average molecular weight is 284 g/mol. The minimum absolute atomic E-state index is 0.140. The summed E-state index contributed by atoms with van der Waals surface area (Å²) >= 11 is 0. The van der Waals surface area contributed by atoms with Gasteiger partial charge in [-0.3, -0.25) is 4.79 Å². The number of hydrogen-bond acceptors (Lipinski definition) is 3. The fourth-order valence-corrected chi connectivity index (χ4v) is 2.24. The number of methoxy groups -OCH3 is 1. The first kappa shape index (κ1) is 15.1. The van der Waals surface area contributed by atoms with Crippen molar-refractivity contribution in [3.8, 4) is 11.5 Å². The van der Waals surface area contributed by atoms with Gasteiger partial charge in [-0.05, 0) is 25.0 Å². The van der Waals surface area contributed by atoms with Gasteiger partial charge in [0.1, 0.15) is 0 Å². The first-order valence-electron chi connectivity index (χ1n) is 7.13. The number of hydrogen-bond donors (Lipinski definition) is 0. The van der Waals surface area contributed by atoms with Crippen LogP contribution in [0.1, 0.15) is 29.3 Å². The molecule has 0 N–H and O–H groups in total. The van der Waals surface area contributed by atoms with E-state index < -0.39 is 0 Å². The van der Waals surface area contributed by atoms with Gasteiger partial charge in [0.15, 0.2) is 17.3 Å². The number of ether oxygens (including phenoxy) is 2. The van der Waals surface area contributed by atoms with Gasteiger partial charge in [0, 0.05) is 12.0 Å². The van der Waals surface area contributed by atoms with E-state index in [9.17, 15) is 4.79 Å². The molecule has 110 valence electrons. The molecule has 0 bridgehead atoms. The lowest BCUT2D eigenvalue weighted by Gasteiger charge is -2.13. The van der Waals surface area contributed by atoms with Gasteiger partial charge in [-0.1, -0.05) is 42.5 Å². The maximum Gasteiger partial charge on any atom is 0.164 e. The Bertz CT molecular complexity index is 591. The molecule has 0 spiro atoms. The molecule has 2 aromatic carbocycles. The lowest BCUT2D eigenvalue weighted by Crippen LogP contribution is -2.04. The Morgan fingerprint density at radius 2 is 1.81 bits per heavy atom. The predicted molar refractivity (Wildman–Crippen MR) is 83.3 cm³/mol. The summed E-state index contributed by atoms with van der Waals surface area (Å²) in [5.41, 5.74) is 1.75. The lowest BCUT2D eigenvalue weighted by atomic mass is 10.0. The van der Waals surface area contributed by atoms with Crippen molar-refractivity contribution in [1.82, 2.24) is 0 Å². The Morgan fingerprint density at radius 3 is 2.48 bits per heavy atom. The van der Waals surface area contributed by atoms with Crippen molar-refractivity contribution in [1.29, 1.82) is 0 Å². The van der Waals surface area contributed by atoms with Gasteiger partial charge in [0.05, 0.1) is 13.7 Å². The number of carbonyl (C=O) groups is 1. The largest absolute Gasteiger partial charge is 0.493 e. The second-order valence-corrected chi connectivity index (χ2v) is 4.67. The molecule has 0 heterocycles. The van der Waals surface area contributed by atoms with Gasteiger partial charge < -0.3 is 9.47 Å². The Kier molecular flexibility index (Phi) is 5.38. The number of carbonyl (C=O) groups excluding carboxylic acids is 1. The molecule has 0 amide bonds. The first-order valence-corrected chi connectivity index (χ1v) is 7.13. The van der Waals surface area contributed by atoms with E-state index in [1.54, 1.807) is 7.11 Å². The molecular weight excluding hydrogens is 264 g/mol. The highest BCUT2D eigenvalue weighted by Gasteiger charge is 2.12. The van der Waals surface area contributed by atoms with Gasteiger partial charge in [-0.15, -0.1) is 0 Å². The minimum atomic E-state index is 0.140. The van der Waals surface area contributed by atoms with Crippen LogP contribution < -0.4 is 9.47 Å². The third kappa shape index (κ3) is 3.85. The van der Waals surface area contributed by atoms with Crippen molar-refractivity contribution >= 4 is 5.78 Å². The summed E-state index contributed by atoms with van der Waals surface area (Å²) in [6, 6.07) is 15.1. The average Bonchev–Trinajstić information content (AvgIpc) is 2.54. The van der Waals surface area contributed by atoms with Crippen LogP contribution in [-0.4, -0.2) is 19.5 Å². The van der Waals surface area contributed by atoms with Crippen molar-refractivity contribution in [2.24, 2.45) is 0 Å². The Labute approximate surface area is 125 Å². The molecule has 3 nitrogen and oxygen atoms in total. The maximum absolute atomic E-state index is 12.2. The summed E-state index contributed by atoms with van der Waals surface area (Å²) in [7, 11) is 1.62. The van der Waals surface area contributed by atoms with Crippen LogP contribution in [-0.2, 0) is 6.42 Å². The molecule has 21 heavy (non-hydrogen) atoms. The molecule has 0 radical (unpaired) electrons. The molecule has 0 aliphatic rings. The van der Waals surface area contributed by atoms with Gasteiger partial charge >= 0.3 is 0 Å². The third-order valence-corrected chi connectivity index (χ3v) is 3.29. The van der Waals surface area contributed by atoms with Crippen LogP contribution in [0, 0.1) is 0 Å². The zero-order valence-corrected chi connectivity index (χ0v) is 12.5. The fourth-order valence-electron chi connectivity index (χ4n) is 2.24. The molecule has 0 saturated carbocycles. The highest BCUT2D eigenvalue weighted by molar-refractivity contribution is 5.96. The number of para-hydroxylation sites is 1. The number of ketones is 1. The molecule has 0 fully saturated rings. The number of Topliss-reactive ketones (excluding diaryl/α,β-unsaturated/α-hetero) is 1. The van der Waals surface area contributed by atoms with Crippen LogP contribution in [0.5, 0.6) is 11.5 Å². The van der Waals surface area contributed by atoms with Crippen LogP contribution in [0.15, 0.2) is 48.5 Å². The molecule has 3 heteroatoms. The van der Waals surface area contributed by atoms with Crippen LogP contribution >= 0.6 is 0 Å². The Hall–Kier alpha value is -2.29. The second kappa shape index (κ2) is 7.48. The summed E-state index contributed by atoms with van der Waals surface area (Å²) in [6.45, 7) is 2.51. The molecule has 0 aliphatic heterocycles. The molecule has 2 rings (SSSR count). The zero-order valence-electron chi connectivity index (χ0n) is 12.5. The van der Waals surface area contributed by atoms with E-state index in [4.69, 9.17) is 9.47 Å². The molecule has 0 aromatic heterocycles.